The Morgan fingerprint density at radius 2 is 2.00 bits per heavy atom. The molecule has 1 aliphatic rings. The van der Waals surface area contributed by atoms with Crippen molar-refractivity contribution in [2.24, 2.45) is 0 Å². The van der Waals surface area contributed by atoms with E-state index in [0.29, 0.717) is 17.8 Å². The second-order valence-corrected chi connectivity index (χ2v) is 8.09. The number of aryl methyl sites for hydroxylation is 1. The molecule has 1 aliphatic carbocycles. The first kappa shape index (κ1) is 22.7. The lowest BCUT2D eigenvalue weighted by molar-refractivity contribution is -0.141. The van der Waals surface area contributed by atoms with E-state index in [2.05, 4.69) is 31.4 Å². The first-order chi connectivity index (χ1) is 14.0. The topological polar surface area (TPSA) is 64.7 Å². The van der Waals surface area contributed by atoms with E-state index in [4.69, 9.17) is 0 Å². The number of nitrogens with one attached hydrogen (secondary N) is 1. The van der Waals surface area contributed by atoms with Gasteiger partial charge < -0.3 is 5.32 Å². The molecule has 1 saturated carbocycles. The van der Waals surface area contributed by atoms with Gasteiger partial charge in [-0.25, -0.2) is 8.78 Å². The fourth-order valence-corrected chi connectivity index (χ4v) is 3.63. The molecule has 2 aromatic heterocycles. The minimum Gasteiger partial charge on any atom is -0.354 e. The molecule has 0 radical (unpaired) electrons. The third-order valence-electron chi connectivity index (χ3n) is 5.00. The molecule has 0 spiro atoms. The van der Waals surface area contributed by atoms with Crippen LogP contribution < -0.4 is 5.32 Å². The van der Waals surface area contributed by atoms with Crippen molar-refractivity contribution >= 4 is 21.8 Å². The van der Waals surface area contributed by atoms with Gasteiger partial charge in [0.15, 0.2) is 5.69 Å². The van der Waals surface area contributed by atoms with Gasteiger partial charge in [-0.15, -0.1) is 0 Å². The van der Waals surface area contributed by atoms with Gasteiger partial charge in [-0.1, -0.05) is 0 Å². The quantitative estimate of drug-likeness (QED) is 0.422. The molecule has 2 heterocycles. The Morgan fingerprint density at radius 3 is 2.53 bits per heavy atom. The predicted octanol–water partition coefficient (Wildman–Crippen LogP) is 4.75. The van der Waals surface area contributed by atoms with Crippen molar-refractivity contribution in [1.82, 2.24) is 24.9 Å². The summed E-state index contributed by atoms with van der Waals surface area (Å²) in [6, 6.07) is 0.273. The summed E-state index contributed by atoms with van der Waals surface area (Å²) in [5.41, 5.74) is -0.368. The van der Waals surface area contributed by atoms with Crippen molar-refractivity contribution in [2.75, 3.05) is 6.54 Å². The smallest absolute Gasteiger partial charge is 0.354 e. The number of carbonyl (C=O) groups is 1. The summed E-state index contributed by atoms with van der Waals surface area (Å²) in [4.78, 5) is 12.4. The van der Waals surface area contributed by atoms with Gasteiger partial charge in [-0.05, 0) is 55.1 Å². The maximum atomic E-state index is 13.0. The van der Waals surface area contributed by atoms with E-state index in [1.54, 1.807) is 6.92 Å². The lowest BCUT2D eigenvalue weighted by atomic mass is 10.2. The maximum absolute atomic E-state index is 13.0. The lowest BCUT2D eigenvalue weighted by Gasteiger charge is -2.15. The average Bonchev–Trinajstić information content (AvgIpc) is 3.34. The first-order valence-electron chi connectivity index (χ1n) is 9.46. The number of amides is 1. The summed E-state index contributed by atoms with van der Waals surface area (Å²) in [7, 11) is 0. The number of hydrogen-bond donors (Lipinski definition) is 1. The van der Waals surface area contributed by atoms with Crippen LogP contribution in [0.3, 0.4) is 0 Å². The Balaban J connectivity index is 1.57. The van der Waals surface area contributed by atoms with Crippen LogP contribution in [0.15, 0.2) is 10.5 Å². The van der Waals surface area contributed by atoms with Gasteiger partial charge in [0, 0.05) is 24.7 Å². The Bertz CT molecular complexity index is 919. The van der Waals surface area contributed by atoms with Crippen LogP contribution >= 0.6 is 15.9 Å². The maximum Gasteiger partial charge on any atom is 0.435 e. The fourth-order valence-electron chi connectivity index (χ4n) is 3.19. The predicted molar refractivity (Wildman–Crippen MR) is 101 cm³/mol. The normalized spacial score (nSPS) is 15.6. The summed E-state index contributed by atoms with van der Waals surface area (Å²) >= 11 is 3.06. The summed E-state index contributed by atoms with van der Waals surface area (Å²) in [5, 5.41) is 10.2. The third kappa shape index (κ3) is 4.84. The van der Waals surface area contributed by atoms with Crippen molar-refractivity contribution in [3.05, 3.63) is 33.3 Å². The number of alkyl halides is 5. The highest BCUT2D eigenvalue weighted by molar-refractivity contribution is 9.10. The summed E-state index contributed by atoms with van der Waals surface area (Å²) in [6.45, 7) is 3.55. The Labute approximate surface area is 177 Å². The molecule has 0 saturated heterocycles. The number of hydrogen-bond acceptors (Lipinski definition) is 3. The number of aromatic nitrogens is 4. The number of nitrogens with zero attached hydrogens (tertiary/aromatic N) is 4. The highest BCUT2D eigenvalue weighted by atomic mass is 79.9. The van der Waals surface area contributed by atoms with Gasteiger partial charge in [0.2, 0.25) is 5.91 Å². The van der Waals surface area contributed by atoms with Crippen molar-refractivity contribution in [3.8, 4) is 0 Å². The summed E-state index contributed by atoms with van der Waals surface area (Å²) in [5.74, 6) is -0.318. The highest BCUT2D eigenvalue weighted by Crippen LogP contribution is 2.42. The SMILES string of the molecule is Cc1c(Br)c(C(F)F)nn1[C@H](C)C(=O)NCCCn1nc(C(F)(F)F)cc1C1CC1. The average molecular weight is 498 g/mol. The first-order valence-corrected chi connectivity index (χ1v) is 10.2. The monoisotopic (exact) mass is 497 g/mol. The molecule has 1 atom stereocenters. The molecule has 2 aromatic rings. The standard InChI is InChI=1S/C18H21BrF5N5O/c1-9-14(19)15(16(20)21)27-29(9)10(2)17(30)25-6-3-7-28-12(11-4-5-11)8-13(26-28)18(22,23)24/h8,10-11,16H,3-7H2,1-2H3,(H,25,30)/t10-/m1/s1. The number of halogens is 6. The lowest BCUT2D eigenvalue weighted by Crippen LogP contribution is -2.33. The van der Waals surface area contributed by atoms with E-state index in [1.165, 1.54) is 16.3 Å². The Hall–Kier alpha value is -1.98. The minimum atomic E-state index is -4.49. The van der Waals surface area contributed by atoms with Crippen molar-refractivity contribution in [2.45, 2.75) is 64.2 Å². The molecule has 0 aliphatic heterocycles. The van der Waals surface area contributed by atoms with Gasteiger partial charge in [-0.2, -0.15) is 23.4 Å². The number of carbonyl (C=O) groups excluding carboxylic acids is 1. The molecule has 3 rings (SSSR count). The molecule has 30 heavy (non-hydrogen) atoms. The Morgan fingerprint density at radius 1 is 1.33 bits per heavy atom. The van der Waals surface area contributed by atoms with Crippen LogP contribution in [0.25, 0.3) is 0 Å². The van der Waals surface area contributed by atoms with Gasteiger partial charge in [0.05, 0.1) is 10.2 Å². The van der Waals surface area contributed by atoms with E-state index in [-0.39, 0.29) is 23.5 Å². The van der Waals surface area contributed by atoms with Gasteiger partial charge >= 0.3 is 6.18 Å². The molecular weight excluding hydrogens is 477 g/mol. The van der Waals surface area contributed by atoms with Crippen LogP contribution in [0.2, 0.25) is 0 Å². The summed E-state index contributed by atoms with van der Waals surface area (Å²) < 4.78 is 67.5. The molecule has 12 heteroatoms. The second-order valence-electron chi connectivity index (χ2n) is 7.30. The van der Waals surface area contributed by atoms with Crippen molar-refractivity contribution in [1.29, 1.82) is 0 Å². The van der Waals surface area contributed by atoms with Crippen molar-refractivity contribution in [3.63, 3.8) is 0 Å². The van der Waals surface area contributed by atoms with Crippen molar-refractivity contribution < 1.29 is 26.7 Å². The molecule has 0 aromatic carbocycles. The molecule has 1 amide bonds. The Kier molecular flexibility index (Phi) is 6.54. The van der Waals surface area contributed by atoms with E-state index in [9.17, 15) is 26.7 Å². The molecular formula is C18H21BrF5N5O. The van der Waals surface area contributed by atoms with Crippen LogP contribution in [-0.2, 0) is 17.5 Å². The van der Waals surface area contributed by atoms with Crippen LogP contribution in [0.4, 0.5) is 22.0 Å². The van der Waals surface area contributed by atoms with Gasteiger partial charge in [0.25, 0.3) is 6.43 Å². The zero-order valence-electron chi connectivity index (χ0n) is 16.3. The second kappa shape index (κ2) is 8.64. The fraction of sp³-hybridized carbons (Fsp3) is 0.611. The largest absolute Gasteiger partial charge is 0.435 e. The van der Waals surface area contributed by atoms with Gasteiger partial charge in [0.1, 0.15) is 11.7 Å². The molecule has 1 fully saturated rings. The van der Waals surface area contributed by atoms with Crippen LogP contribution in [0, 0.1) is 6.92 Å². The molecule has 0 unspecified atom stereocenters. The molecule has 166 valence electrons. The van der Waals surface area contributed by atoms with E-state index in [1.807, 2.05) is 0 Å². The van der Waals surface area contributed by atoms with Crippen LogP contribution in [0.5, 0.6) is 0 Å². The van der Waals surface area contributed by atoms with Crippen LogP contribution in [-0.4, -0.2) is 32.0 Å². The molecule has 0 bridgehead atoms. The van der Waals surface area contributed by atoms with Gasteiger partial charge in [-0.3, -0.25) is 14.2 Å². The van der Waals surface area contributed by atoms with Crippen LogP contribution in [0.1, 0.15) is 67.3 Å². The minimum absolute atomic E-state index is 0.105. The van der Waals surface area contributed by atoms with E-state index in [0.717, 1.165) is 18.9 Å². The summed E-state index contributed by atoms with van der Waals surface area (Å²) in [6.07, 6.45) is -5.20. The number of rotatable bonds is 8. The third-order valence-corrected chi connectivity index (χ3v) is 5.98. The molecule has 6 nitrogen and oxygen atoms in total. The van der Waals surface area contributed by atoms with E-state index >= 15 is 0 Å². The zero-order valence-corrected chi connectivity index (χ0v) is 17.9. The highest BCUT2D eigenvalue weighted by Gasteiger charge is 2.37. The van der Waals surface area contributed by atoms with E-state index < -0.39 is 35.9 Å². The molecule has 1 N–H and O–H groups in total. The zero-order chi connectivity index (χ0) is 22.2.